The average Bonchev–Trinajstić information content (AvgIpc) is 3.07. The summed E-state index contributed by atoms with van der Waals surface area (Å²) in [5, 5.41) is 0. The van der Waals surface area contributed by atoms with Gasteiger partial charge in [0, 0.05) is 5.69 Å². The summed E-state index contributed by atoms with van der Waals surface area (Å²) in [4.78, 5) is 19.8. The van der Waals surface area contributed by atoms with Crippen LogP contribution in [0.15, 0.2) is 54.7 Å². The van der Waals surface area contributed by atoms with Crippen LogP contribution in [0.4, 0.5) is 5.69 Å². The normalized spacial score (nSPS) is 10.5. The van der Waals surface area contributed by atoms with Gasteiger partial charge in [-0.05, 0) is 58.8 Å². The summed E-state index contributed by atoms with van der Waals surface area (Å²) in [6.07, 6.45) is 1.65. The first-order valence-corrected chi connectivity index (χ1v) is 9.60. The van der Waals surface area contributed by atoms with Crippen molar-refractivity contribution in [2.75, 3.05) is 12.0 Å². The number of anilines is 1. The van der Waals surface area contributed by atoms with Crippen LogP contribution in [-0.2, 0) is 6.54 Å². The quantitative estimate of drug-likeness (QED) is 0.504. The Labute approximate surface area is 164 Å². The second-order valence-corrected chi connectivity index (χ2v) is 8.29. The molecule has 0 bridgehead atoms. The van der Waals surface area contributed by atoms with Crippen molar-refractivity contribution in [1.29, 1.82) is 0 Å². The second kappa shape index (κ2) is 7.97. The molecule has 1 heterocycles. The van der Waals surface area contributed by atoms with E-state index in [9.17, 15) is 4.79 Å². The van der Waals surface area contributed by atoms with Crippen molar-refractivity contribution >= 4 is 45.5 Å². The summed E-state index contributed by atoms with van der Waals surface area (Å²) in [6.45, 7) is 2.50. The SMILES string of the molecule is COc1ccc(CN(C(=O)c2cnc(I)s2)c2ccccc2C)cc1. The van der Waals surface area contributed by atoms with Crippen molar-refractivity contribution in [3.05, 3.63) is 73.7 Å². The van der Waals surface area contributed by atoms with Crippen molar-refractivity contribution in [1.82, 2.24) is 4.98 Å². The van der Waals surface area contributed by atoms with Crippen LogP contribution in [0.3, 0.4) is 0 Å². The number of benzene rings is 2. The molecule has 3 rings (SSSR count). The maximum absolute atomic E-state index is 13.1. The highest BCUT2D eigenvalue weighted by molar-refractivity contribution is 14.1. The predicted molar refractivity (Wildman–Crippen MR) is 110 cm³/mol. The number of aromatic nitrogens is 1. The highest BCUT2D eigenvalue weighted by Gasteiger charge is 2.21. The summed E-state index contributed by atoms with van der Waals surface area (Å²) in [5.41, 5.74) is 3.01. The fraction of sp³-hybridized carbons (Fsp3) is 0.158. The van der Waals surface area contributed by atoms with Crippen LogP contribution < -0.4 is 9.64 Å². The zero-order valence-corrected chi connectivity index (χ0v) is 16.9. The summed E-state index contributed by atoms with van der Waals surface area (Å²) in [6, 6.07) is 15.7. The largest absolute Gasteiger partial charge is 0.497 e. The van der Waals surface area contributed by atoms with Crippen molar-refractivity contribution in [2.24, 2.45) is 0 Å². The van der Waals surface area contributed by atoms with E-state index in [0.717, 1.165) is 25.6 Å². The molecule has 0 saturated heterocycles. The van der Waals surface area contributed by atoms with Gasteiger partial charge in [0.1, 0.15) is 10.6 Å². The van der Waals surface area contributed by atoms with Crippen molar-refractivity contribution in [3.63, 3.8) is 0 Å². The molecule has 0 aliphatic rings. The Morgan fingerprint density at radius 3 is 2.52 bits per heavy atom. The number of ether oxygens (including phenoxy) is 1. The van der Waals surface area contributed by atoms with Crippen LogP contribution in [0.25, 0.3) is 0 Å². The van der Waals surface area contributed by atoms with Crippen molar-refractivity contribution < 1.29 is 9.53 Å². The molecule has 25 heavy (non-hydrogen) atoms. The molecule has 3 aromatic rings. The van der Waals surface area contributed by atoms with Gasteiger partial charge in [-0.15, -0.1) is 11.3 Å². The number of hydrogen-bond acceptors (Lipinski definition) is 4. The smallest absolute Gasteiger partial charge is 0.270 e. The third-order valence-electron chi connectivity index (χ3n) is 3.84. The van der Waals surface area contributed by atoms with Crippen LogP contribution in [0, 0.1) is 9.94 Å². The molecule has 2 aromatic carbocycles. The number of para-hydroxylation sites is 1. The third kappa shape index (κ3) is 4.19. The maximum Gasteiger partial charge on any atom is 0.270 e. The van der Waals surface area contributed by atoms with Gasteiger partial charge >= 0.3 is 0 Å². The summed E-state index contributed by atoms with van der Waals surface area (Å²) < 4.78 is 6.07. The number of rotatable bonds is 5. The zero-order chi connectivity index (χ0) is 17.8. The lowest BCUT2D eigenvalue weighted by molar-refractivity contribution is 0.0988. The van der Waals surface area contributed by atoms with Crippen LogP contribution in [0.2, 0.25) is 0 Å². The van der Waals surface area contributed by atoms with E-state index < -0.39 is 0 Å². The molecule has 0 unspecified atom stereocenters. The Kier molecular flexibility index (Phi) is 5.70. The molecule has 0 fully saturated rings. The third-order valence-corrected chi connectivity index (χ3v) is 5.55. The Bertz CT molecular complexity index is 877. The second-order valence-electron chi connectivity index (χ2n) is 5.50. The molecule has 0 saturated carbocycles. The van der Waals surface area contributed by atoms with E-state index in [1.165, 1.54) is 11.3 Å². The van der Waals surface area contributed by atoms with Gasteiger partial charge in [-0.1, -0.05) is 30.3 Å². The fourth-order valence-electron chi connectivity index (χ4n) is 2.53. The van der Waals surface area contributed by atoms with Crippen LogP contribution in [0.1, 0.15) is 20.8 Å². The first-order chi connectivity index (χ1) is 12.1. The number of carbonyl (C=O) groups is 1. The monoisotopic (exact) mass is 464 g/mol. The zero-order valence-electron chi connectivity index (χ0n) is 13.9. The van der Waals surface area contributed by atoms with E-state index in [-0.39, 0.29) is 5.91 Å². The van der Waals surface area contributed by atoms with Crippen molar-refractivity contribution in [3.8, 4) is 5.75 Å². The fourth-order valence-corrected chi connectivity index (χ4v) is 3.97. The van der Waals surface area contributed by atoms with Gasteiger partial charge in [0.2, 0.25) is 0 Å². The molecule has 6 heteroatoms. The van der Waals surface area contributed by atoms with Crippen LogP contribution >= 0.6 is 33.9 Å². The minimum absolute atomic E-state index is 0.0365. The van der Waals surface area contributed by atoms with Gasteiger partial charge in [-0.25, -0.2) is 4.98 Å². The first kappa shape index (κ1) is 17.9. The molecule has 4 nitrogen and oxygen atoms in total. The number of aryl methyl sites for hydroxylation is 1. The Balaban J connectivity index is 1.96. The van der Waals surface area contributed by atoms with E-state index in [1.807, 2.05) is 55.5 Å². The summed E-state index contributed by atoms with van der Waals surface area (Å²) >= 11 is 3.54. The minimum Gasteiger partial charge on any atom is -0.497 e. The van der Waals surface area contributed by atoms with Gasteiger partial charge in [-0.2, -0.15) is 0 Å². The standard InChI is InChI=1S/C19H17IN2O2S/c1-13-5-3-4-6-16(13)22(18(23)17-11-21-19(20)25-17)12-14-7-9-15(24-2)10-8-14/h3-11H,12H2,1-2H3. The van der Waals surface area contributed by atoms with Crippen molar-refractivity contribution in [2.45, 2.75) is 13.5 Å². The minimum atomic E-state index is -0.0365. The molecule has 0 spiro atoms. The van der Waals surface area contributed by atoms with Gasteiger partial charge < -0.3 is 9.64 Å². The van der Waals surface area contributed by atoms with Crippen LogP contribution in [-0.4, -0.2) is 18.0 Å². The van der Waals surface area contributed by atoms with E-state index in [1.54, 1.807) is 18.2 Å². The molecule has 1 amide bonds. The Morgan fingerprint density at radius 1 is 1.20 bits per heavy atom. The molecule has 0 aliphatic heterocycles. The summed E-state index contributed by atoms with van der Waals surface area (Å²) in [5.74, 6) is 0.764. The average molecular weight is 464 g/mol. The van der Waals surface area contributed by atoms with E-state index in [4.69, 9.17) is 4.74 Å². The lowest BCUT2D eigenvalue weighted by atomic mass is 10.1. The highest BCUT2D eigenvalue weighted by atomic mass is 127. The lowest BCUT2D eigenvalue weighted by Gasteiger charge is -2.24. The Morgan fingerprint density at radius 2 is 1.92 bits per heavy atom. The number of methoxy groups -OCH3 is 1. The number of amides is 1. The molecule has 0 atom stereocenters. The van der Waals surface area contributed by atoms with Gasteiger partial charge in [0.05, 0.1) is 19.9 Å². The predicted octanol–water partition coefficient (Wildman–Crippen LogP) is 4.91. The molecule has 1 aromatic heterocycles. The van der Waals surface area contributed by atoms with E-state index in [2.05, 4.69) is 27.6 Å². The molecule has 0 radical (unpaired) electrons. The van der Waals surface area contributed by atoms with Crippen LogP contribution in [0.5, 0.6) is 5.75 Å². The number of carbonyl (C=O) groups excluding carboxylic acids is 1. The van der Waals surface area contributed by atoms with Gasteiger partial charge in [-0.3, -0.25) is 4.79 Å². The highest BCUT2D eigenvalue weighted by Crippen LogP contribution is 2.26. The maximum atomic E-state index is 13.1. The number of halogens is 1. The molecular weight excluding hydrogens is 447 g/mol. The van der Waals surface area contributed by atoms with E-state index in [0.29, 0.717) is 11.4 Å². The molecular formula is C19H17IN2O2S. The summed E-state index contributed by atoms with van der Waals surface area (Å²) in [7, 11) is 1.64. The van der Waals surface area contributed by atoms with Gasteiger partial charge in [0.25, 0.3) is 5.91 Å². The first-order valence-electron chi connectivity index (χ1n) is 7.70. The number of nitrogens with zero attached hydrogens (tertiary/aromatic N) is 2. The topological polar surface area (TPSA) is 42.4 Å². The Hall–Kier alpha value is -1.93. The molecule has 0 aliphatic carbocycles. The van der Waals surface area contributed by atoms with Gasteiger partial charge in [0.15, 0.2) is 3.01 Å². The number of thiazole rings is 1. The number of hydrogen-bond donors (Lipinski definition) is 0. The van der Waals surface area contributed by atoms with E-state index >= 15 is 0 Å². The molecule has 128 valence electrons. The lowest BCUT2D eigenvalue weighted by Crippen LogP contribution is -2.30. The molecule has 0 N–H and O–H groups in total.